The lowest BCUT2D eigenvalue weighted by Gasteiger charge is -2.46. The third-order valence-corrected chi connectivity index (χ3v) is 5.73. The number of hydrogen-bond acceptors (Lipinski definition) is 5. The molecule has 1 aliphatic heterocycles. The van der Waals surface area contributed by atoms with Crippen LogP contribution in [-0.2, 0) is 0 Å². The smallest absolute Gasteiger partial charge is 0.223 e. The molecular weight excluding hydrogens is 328 g/mol. The number of rotatable bonds is 4. The average molecular weight is 357 g/mol. The average Bonchev–Trinajstić information content (AvgIpc) is 2.94. The molecule has 3 heterocycles. The summed E-state index contributed by atoms with van der Waals surface area (Å²) in [5, 5.41) is 7.27. The maximum Gasteiger partial charge on any atom is 0.223 e. The molecule has 2 aromatic rings. The molecular formula is C20H28N4S. The van der Waals surface area contributed by atoms with Crippen molar-refractivity contribution < 1.29 is 0 Å². The van der Waals surface area contributed by atoms with Crippen LogP contribution in [0.4, 0.5) is 5.95 Å². The number of hydrogen-bond donors (Lipinski definition) is 2. The van der Waals surface area contributed by atoms with Crippen molar-refractivity contribution in [3.8, 4) is 10.6 Å². The van der Waals surface area contributed by atoms with E-state index in [4.69, 9.17) is 4.98 Å². The summed E-state index contributed by atoms with van der Waals surface area (Å²) in [7, 11) is 0. The molecule has 3 rings (SSSR count). The van der Waals surface area contributed by atoms with Crippen molar-refractivity contribution in [2.24, 2.45) is 0 Å². The lowest BCUT2D eigenvalue weighted by atomic mass is 9.80. The normalized spacial score (nSPS) is 19.6. The van der Waals surface area contributed by atoms with Crippen molar-refractivity contribution >= 4 is 22.9 Å². The number of allylic oxidation sites excluding steroid dienone is 1. The Morgan fingerprint density at radius 1 is 1.20 bits per heavy atom. The molecule has 0 aliphatic carbocycles. The number of nitrogens with zero attached hydrogens (tertiary/aromatic N) is 2. The van der Waals surface area contributed by atoms with Crippen LogP contribution >= 0.6 is 11.3 Å². The molecule has 1 saturated heterocycles. The highest BCUT2D eigenvalue weighted by Crippen LogP contribution is 2.32. The zero-order chi connectivity index (χ0) is 18.2. The lowest BCUT2D eigenvalue weighted by Crippen LogP contribution is -2.60. The minimum absolute atomic E-state index is 0.0984. The molecule has 1 aliphatic rings. The van der Waals surface area contributed by atoms with Gasteiger partial charge in [0.15, 0.2) is 0 Å². The third kappa shape index (κ3) is 4.47. The predicted molar refractivity (Wildman–Crippen MR) is 108 cm³/mol. The van der Waals surface area contributed by atoms with Crippen molar-refractivity contribution in [3.05, 3.63) is 35.9 Å². The molecule has 25 heavy (non-hydrogen) atoms. The van der Waals surface area contributed by atoms with E-state index in [-0.39, 0.29) is 11.1 Å². The van der Waals surface area contributed by atoms with E-state index in [9.17, 15) is 0 Å². The molecule has 0 radical (unpaired) electrons. The number of piperidine rings is 1. The van der Waals surface area contributed by atoms with E-state index < -0.39 is 0 Å². The summed E-state index contributed by atoms with van der Waals surface area (Å²) < 4.78 is 0. The molecule has 1 fully saturated rings. The highest BCUT2D eigenvalue weighted by Gasteiger charge is 2.37. The zero-order valence-corrected chi connectivity index (χ0v) is 16.6. The summed E-state index contributed by atoms with van der Waals surface area (Å²) in [4.78, 5) is 11.5. The predicted octanol–water partition coefficient (Wildman–Crippen LogP) is 4.96. The van der Waals surface area contributed by atoms with Gasteiger partial charge in [0, 0.05) is 28.2 Å². The van der Waals surface area contributed by atoms with Gasteiger partial charge in [0.25, 0.3) is 0 Å². The lowest BCUT2D eigenvalue weighted by molar-refractivity contribution is 0.170. The summed E-state index contributed by atoms with van der Waals surface area (Å²) in [6, 6.07) is 6.54. The van der Waals surface area contributed by atoms with E-state index >= 15 is 0 Å². The van der Waals surface area contributed by atoms with Gasteiger partial charge in [-0.3, -0.25) is 0 Å². The van der Waals surface area contributed by atoms with Gasteiger partial charge in [-0.2, -0.15) is 0 Å². The molecule has 0 amide bonds. The summed E-state index contributed by atoms with van der Waals surface area (Å²) in [5.41, 5.74) is 2.24. The largest absolute Gasteiger partial charge is 0.351 e. The molecule has 0 aromatic carbocycles. The van der Waals surface area contributed by atoms with Crippen LogP contribution in [0.25, 0.3) is 16.1 Å². The van der Waals surface area contributed by atoms with E-state index in [1.807, 2.05) is 19.2 Å². The first-order valence-corrected chi connectivity index (χ1v) is 9.60. The Morgan fingerprint density at radius 3 is 2.48 bits per heavy atom. The van der Waals surface area contributed by atoms with E-state index in [0.29, 0.717) is 12.0 Å². The Morgan fingerprint density at radius 2 is 1.88 bits per heavy atom. The van der Waals surface area contributed by atoms with Crippen LogP contribution in [0.2, 0.25) is 0 Å². The van der Waals surface area contributed by atoms with E-state index in [0.717, 1.165) is 29.0 Å². The highest BCUT2D eigenvalue weighted by atomic mass is 32.1. The Labute approximate surface area is 154 Å². The molecule has 0 bridgehead atoms. The van der Waals surface area contributed by atoms with Gasteiger partial charge in [0.1, 0.15) is 0 Å². The first-order chi connectivity index (χ1) is 11.6. The quantitative estimate of drug-likeness (QED) is 0.813. The summed E-state index contributed by atoms with van der Waals surface area (Å²) in [5.74, 6) is 0.710. The van der Waals surface area contributed by atoms with Crippen LogP contribution in [0.5, 0.6) is 0 Å². The maximum absolute atomic E-state index is 4.74. The van der Waals surface area contributed by atoms with Crippen molar-refractivity contribution in [2.75, 3.05) is 5.32 Å². The minimum atomic E-state index is 0.0984. The van der Waals surface area contributed by atoms with Gasteiger partial charge in [0.05, 0.1) is 10.6 Å². The fourth-order valence-corrected chi connectivity index (χ4v) is 4.78. The van der Waals surface area contributed by atoms with Gasteiger partial charge < -0.3 is 10.6 Å². The number of aromatic nitrogens is 2. The summed E-state index contributed by atoms with van der Waals surface area (Å²) >= 11 is 1.72. The fourth-order valence-electron chi connectivity index (χ4n) is 3.88. The minimum Gasteiger partial charge on any atom is -0.351 e. The molecule has 5 heteroatoms. The molecule has 0 atom stereocenters. The van der Waals surface area contributed by atoms with Gasteiger partial charge in [-0.25, -0.2) is 9.97 Å². The van der Waals surface area contributed by atoms with Gasteiger partial charge in [-0.15, -0.1) is 11.3 Å². The summed E-state index contributed by atoms with van der Waals surface area (Å²) in [6.45, 7) is 15.1. The van der Waals surface area contributed by atoms with E-state index in [1.165, 1.54) is 4.88 Å². The number of nitrogens with one attached hydrogen (secondary N) is 2. The van der Waals surface area contributed by atoms with Gasteiger partial charge in [0.2, 0.25) is 5.95 Å². The van der Waals surface area contributed by atoms with E-state index in [2.05, 4.69) is 62.0 Å². The van der Waals surface area contributed by atoms with Crippen LogP contribution in [0, 0.1) is 0 Å². The molecule has 0 spiro atoms. The van der Waals surface area contributed by atoms with Gasteiger partial charge in [-0.05, 0) is 71.2 Å². The molecule has 2 N–H and O–H groups in total. The maximum atomic E-state index is 4.74. The molecule has 0 saturated carbocycles. The number of anilines is 1. The molecule has 2 aromatic heterocycles. The Kier molecular flexibility index (Phi) is 4.73. The summed E-state index contributed by atoms with van der Waals surface area (Å²) in [6.07, 6.45) is 3.92. The van der Waals surface area contributed by atoms with Crippen LogP contribution in [0.3, 0.4) is 0 Å². The zero-order valence-electron chi connectivity index (χ0n) is 15.8. The van der Waals surface area contributed by atoms with Crippen LogP contribution in [0.1, 0.15) is 52.3 Å². The van der Waals surface area contributed by atoms with Crippen molar-refractivity contribution in [1.29, 1.82) is 0 Å². The number of thiophene rings is 1. The molecule has 134 valence electrons. The third-order valence-electron chi connectivity index (χ3n) is 4.46. The van der Waals surface area contributed by atoms with Gasteiger partial charge in [-0.1, -0.05) is 6.58 Å². The molecule has 4 nitrogen and oxygen atoms in total. The second-order valence-electron chi connectivity index (χ2n) is 8.35. The first-order valence-electron chi connectivity index (χ1n) is 8.79. The van der Waals surface area contributed by atoms with Crippen LogP contribution in [0.15, 0.2) is 31.0 Å². The van der Waals surface area contributed by atoms with Crippen molar-refractivity contribution in [2.45, 2.75) is 64.6 Å². The fraction of sp³-hybridized carbons (Fsp3) is 0.500. The Bertz CT molecular complexity index is 760. The van der Waals surface area contributed by atoms with E-state index in [1.54, 1.807) is 11.3 Å². The first kappa shape index (κ1) is 18.1. The monoisotopic (exact) mass is 356 g/mol. The Balaban J connectivity index is 1.78. The van der Waals surface area contributed by atoms with Crippen molar-refractivity contribution in [3.63, 3.8) is 0 Å². The van der Waals surface area contributed by atoms with Crippen LogP contribution in [-0.4, -0.2) is 27.1 Å². The standard InChI is InChI=1S/C20H28N4S/c1-13(2)16-7-8-17(25-16)15-9-10-21-18(23-15)22-14-11-19(3,4)24-20(5,6)12-14/h7-10,14,24H,1,11-12H2,2-6H3,(H,21,22,23). The van der Waals surface area contributed by atoms with Crippen molar-refractivity contribution in [1.82, 2.24) is 15.3 Å². The molecule has 0 unspecified atom stereocenters. The SMILES string of the molecule is C=C(C)c1ccc(-c2ccnc(NC3CC(C)(C)NC(C)(C)C3)n2)s1. The van der Waals surface area contributed by atoms with Crippen LogP contribution < -0.4 is 10.6 Å². The Hall–Kier alpha value is -1.72. The second kappa shape index (κ2) is 6.54. The second-order valence-corrected chi connectivity index (χ2v) is 9.44. The highest BCUT2D eigenvalue weighted by molar-refractivity contribution is 7.16. The van der Waals surface area contributed by atoms with Gasteiger partial charge >= 0.3 is 0 Å². The topological polar surface area (TPSA) is 49.8 Å².